The van der Waals surface area contributed by atoms with Crippen molar-refractivity contribution in [3.8, 4) is 0 Å². The van der Waals surface area contributed by atoms with Crippen LogP contribution in [0.4, 0.5) is 5.13 Å². The molecule has 21 heavy (non-hydrogen) atoms. The second-order valence-corrected chi connectivity index (χ2v) is 5.23. The van der Waals surface area contributed by atoms with E-state index in [1.807, 2.05) is 68.4 Å². The van der Waals surface area contributed by atoms with Crippen LogP contribution in [0.15, 0.2) is 54.6 Å². The molecule has 0 fully saturated rings. The number of aromatic nitrogens is 1. The predicted molar refractivity (Wildman–Crippen MR) is 89.7 cm³/mol. The molecule has 0 saturated heterocycles. The largest absolute Gasteiger partial charge is 0.302 e. The van der Waals surface area contributed by atoms with Gasteiger partial charge in [0.15, 0.2) is 5.13 Å². The van der Waals surface area contributed by atoms with Crippen molar-refractivity contribution in [2.75, 3.05) is 5.32 Å². The third kappa shape index (κ3) is 4.13. The molecule has 1 amide bonds. The molecule has 0 unspecified atom stereocenters. The van der Waals surface area contributed by atoms with Gasteiger partial charge in [0.05, 0.1) is 16.6 Å². The molecule has 0 saturated carbocycles. The highest BCUT2D eigenvalue weighted by Gasteiger charge is 2.07. The number of nitrogens with one attached hydrogen (secondary N) is 1. The molecule has 3 aromatic rings. The summed E-state index contributed by atoms with van der Waals surface area (Å²) in [5.74, 6) is -0.0368. The van der Waals surface area contributed by atoms with Crippen molar-refractivity contribution in [1.29, 1.82) is 0 Å². The summed E-state index contributed by atoms with van der Waals surface area (Å²) in [6, 6.07) is 17.5. The van der Waals surface area contributed by atoms with Gasteiger partial charge in [-0.05, 0) is 17.7 Å². The van der Waals surface area contributed by atoms with Gasteiger partial charge in [0.2, 0.25) is 5.91 Å². The Morgan fingerprint density at radius 3 is 2.43 bits per heavy atom. The Morgan fingerprint density at radius 1 is 1.05 bits per heavy atom. The topological polar surface area (TPSA) is 42.0 Å². The van der Waals surface area contributed by atoms with Crippen molar-refractivity contribution in [2.24, 2.45) is 0 Å². The van der Waals surface area contributed by atoms with Crippen LogP contribution < -0.4 is 5.32 Å². The van der Waals surface area contributed by atoms with E-state index < -0.39 is 0 Å². The molecule has 0 radical (unpaired) electrons. The van der Waals surface area contributed by atoms with Crippen molar-refractivity contribution in [1.82, 2.24) is 4.98 Å². The summed E-state index contributed by atoms with van der Waals surface area (Å²) in [6.45, 7) is 4.00. The summed E-state index contributed by atoms with van der Waals surface area (Å²) < 4.78 is 1.08. The smallest absolute Gasteiger partial charge is 0.230 e. The van der Waals surface area contributed by atoms with Gasteiger partial charge in [-0.15, -0.1) is 0 Å². The minimum absolute atomic E-state index is 0.0368. The summed E-state index contributed by atoms with van der Waals surface area (Å²) in [6.07, 6.45) is 0.372. The van der Waals surface area contributed by atoms with E-state index >= 15 is 0 Å². The summed E-state index contributed by atoms with van der Waals surface area (Å²) in [5, 5.41) is 3.50. The Balaban J connectivity index is 0.000000774. The number of rotatable bonds is 3. The van der Waals surface area contributed by atoms with E-state index in [2.05, 4.69) is 10.3 Å². The molecule has 1 N–H and O–H groups in total. The molecule has 0 aliphatic heterocycles. The zero-order valence-electron chi connectivity index (χ0n) is 12.2. The number of thiazole rings is 1. The summed E-state index contributed by atoms with van der Waals surface area (Å²) in [4.78, 5) is 16.3. The van der Waals surface area contributed by atoms with Gasteiger partial charge in [-0.3, -0.25) is 4.79 Å². The van der Waals surface area contributed by atoms with Crippen molar-refractivity contribution in [2.45, 2.75) is 20.3 Å². The van der Waals surface area contributed by atoms with E-state index in [0.29, 0.717) is 11.6 Å². The first-order valence-electron chi connectivity index (χ1n) is 7.00. The number of carbonyl (C=O) groups is 1. The van der Waals surface area contributed by atoms with Crippen LogP contribution in [-0.4, -0.2) is 10.9 Å². The maximum Gasteiger partial charge on any atom is 0.230 e. The van der Waals surface area contributed by atoms with E-state index in [0.717, 1.165) is 15.8 Å². The second kappa shape index (κ2) is 7.55. The normalized spacial score (nSPS) is 9.81. The maximum absolute atomic E-state index is 11.9. The lowest BCUT2D eigenvalue weighted by Gasteiger charge is -2.01. The number of hydrogen-bond donors (Lipinski definition) is 1. The van der Waals surface area contributed by atoms with E-state index in [-0.39, 0.29) is 5.91 Å². The lowest BCUT2D eigenvalue weighted by Crippen LogP contribution is -2.13. The zero-order chi connectivity index (χ0) is 15.1. The van der Waals surface area contributed by atoms with Crippen LogP contribution in [0, 0.1) is 0 Å². The van der Waals surface area contributed by atoms with E-state index in [4.69, 9.17) is 0 Å². The molecule has 2 aromatic carbocycles. The molecule has 3 nitrogen and oxygen atoms in total. The van der Waals surface area contributed by atoms with Crippen LogP contribution in [0.3, 0.4) is 0 Å². The fourth-order valence-corrected chi connectivity index (χ4v) is 2.75. The van der Waals surface area contributed by atoms with Gasteiger partial charge < -0.3 is 5.32 Å². The Bertz CT molecular complexity index is 674. The highest BCUT2D eigenvalue weighted by atomic mass is 32.1. The first-order valence-corrected chi connectivity index (χ1v) is 7.82. The molecule has 0 atom stereocenters. The molecule has 1 heterocycles. The van der Waals surface area contributed by atoms with Gasteiger partial charge in [-0.1, -0.05) is 67.6 Å². The molecule has 3 rings (SSSR count). The van der Waals surface area contributed by atoms with Crippen LogP contribution in [0.5, 0.6) is 0 Å². The van der Waals surface area contributed by atoms with E-state index in [9.17, 15) is 4.79 Å². The Labute approximate surface area is 128 Å². The highest BCUT2D eigenvalue weighted by Crippen LogP contribution is 2.25. The van der Waals surface area contributed by atoms with Crippen molar-refractivity contribution in [3.63, 3.8) is 0 Å². The van der Waals surface area contributed by atoms with Crippen LogP contribution in [0.1, 0.15) is 19.4 Å². The van der Waals surface area contributed by atoms with Crippen molar-refractivity contribution < 1.29 is 4.79 Å². The molecule has 4 heteroatoms. The van der Waals surface area contributed by atoms with Gasteiger partial charge in [-0.2, -0.15) is 0 Å². The third-order valence-electron chi connectivity index (χ3n) is 2.75. The lowest BCUT2D eigenvalue weighted by molar-refractivity contribution is -0.115. The van der Waals surface area contributed by atoms with Crippen LogP contribution >= 0.6 is 11.3 Å². The predicted octanol–water partition coefficient (Wildman–Crippen LogP) is 4.50. The average molecular weight is 298 g/mol. The summed E-state index contributed by atoms with van der Waals surface area (Å²) in [5.41, 5.74) is 1.92. The van der Waals surface area contributed by atoms with Gasteiger partial charge in [-0.25, -0.2) is 4.98 Å². The standard InChI is InChI=1S/C15H12N2OS.C2H6/c18-14(10-11-6-2-1-3-7-11)17-15-16-12-8-4-5-9-13(12)19-15;1-2/h1-9H,10H2,(H,16,17,18);1-2H3. The number of amides is 1. The molecule has 0 bridgehead atoms. The third-order valence-corrected chi connectivity index (χ3v) is 3.70. The van der Waals surface area contributed by atoms with Gasteiger partial charge >= 0.3 is 0 Å². The minimum atomic E-state index is -0.0368. The molecule has 0 aliphatic rings. The number of hydrogen-bond acceptors (Lipinski definition) is 3. The summed E-state index contributed by atoms with van der Waals surface area (Å²) >= 11 is 1.49. The fraction of sp³-hybridized carbons (Fsp3) is 0.176. The van der Waals surface area contributed by atoms with Crippen LogP contribution in [0.2, 0.25) is 0 Å². The quantitative estimate of drug-likeness (QED) is 0.773. The lowest BCUT2D eigenvalue weighted by atomic mass is 10.1. The Morgan fingerprint density at radius 2 is 1.71 bits per heavy atom. The monoisotopic (exact) mass is 298 g/mol. The van der Waals surface area contributed by atoms with E-state index in [1.165, 1.54) is 11.3 Å². The molecular weight excluding hydrogens is 280 g/mol. The molecule has 0 spiro atoms. The van der Waals surface area contributed by atoms with Crippen LogP contribution in [-0.2, 0) is 11.2 Å². The fourth-order valence-electron chi connectivity index (χ4n) is 1.87. The minimum Gasteiger partial charge on any atom is -0.302 e. The Hall–Kier alpha value is -2.20. The van der Waals surface area contributed by atoms with Gasteiger partial charge in [0.25, 0.3) is 0 Å². The van der Waals surface area contributed by atoms with Gasteiger partial charge in [0, 0.05) is 0 Å². The SMILES string of the molecule is CC.O=C(Cc1ccccc1)Nc1nc2ccccc2s1. The second-order valence-electron chi connectivity index (χ2n) is 4.20. The average Bonchev–Trinajstić information content (AvgIpc) is 2.92. The number of carbonyl (C=O) groups excluding carboxylic acids is 1. The molecular formula is C17H18N2OS. The number of para-hydroxylation sites is 1. The van der Waals surface area contributed by atoms with E-state index in [1.54, 1.807) is 0 Å². The number of fused-ring (bicyclic) bond motifs is 1. The number of anilines is 1. The van der Waals surface area contributed by atoms with Crippen molar-refractivity contribution >= 4 is 32.6 Å². The van der Waals surface area contributed by atoms with Crippen molar-refractivity contribution in [3.05, 3.63) is 60.2 Å². The number of benzene rings is 2. The first-order chi connectivity index (χ1) is 10.3. The zero-order valence-corrected chi connectivity index (χ0v) is 13.0. The van der Waals surface area contributed by atoms with Gasteiger partial charge in [0.1, 0.15) is 0 Å². The first kappa shape index (κ1) is 15.2. The Kier molecular flexibility index (Phi) is 5.46. The highest BCUT2D eigenvalue weighted by molar-refractivity contribution is 7.22. The maximum atomic E-state index is 11.9. The number of nitrogens with zero attached hydrogens (tertiary/aromatic N) is 1. The molecule has 1 aromatic heterocycles. The molecule has 0 aliphatic carbocycles. The molecule has 108 valence electrons. The van der Waals surface area contributed by atoms with Crippen LogP contribution in [0.25, 0.3) is 10.2 Å². The summed E-state index contributed by atoms with van der Waals surface area (Å²) in [7, 11) is 0.